The molecule has 0 spiro atoms. The van der Waals surface area contributed by atoms with Gasteiger partial charge in [-0.25, -0.2) is 4.98 Å². The second-order valence-electron chi connectivity index (χ2n) is 5.48. The highest BCUT2D eigenvalue weighted by Gasteiger charge is 2.06. The molecule has 0 unspecified atom stereocenters. The summed E-state index contributed by atoms with van der Waals surface area (Å²) in [5.74, 6) is 0.837. The van der Waals surface area contributed by atoms with Crippen molar-refractivity contribution in [2.45, 2.75) is 13.2 Å². The Morgan fingerprint density at radius 2 is 2.04 bits per heavy atom. The van der Waals surface area contributed by atoms with Crippen molar-refractivity contribution in [3.8, 4) is 5.75 Å². The molecule has 120 valence electrons. The van der Waals surface area contributed by atoms with Crippen LogP contribution in [-0.4, -0.2) is 9.97 Å². The van der Waals surface area contributed by atoms with Gasteiger partial charge in [0.25, 0.3) is 0 Å². The minimum Gasteiger partial charge on any atom is -0.485 e. The van der Waals surface area contributed by atoms with Crippen molar-refractivity contribution in [1.29, 1.82) is 0 Å². The van der Waals surface area contributed by atoms with Crippen LogP contribution in [0.4, 0.5) is 5.69 Å². The van der Waals surface area contributed by atoms with E-state index in [1.54, 1.807) is 11.3 Å². The average molecular weight is 335 g/mol. The van der Waals surface area contributed by atoms with Gasteiger partial charge in [-0.3, -0.25) is 0 Å². The number of anilines is 1. The van der Waals surface area contributed by atoms with E-state index in [1.807, 2.05) is 41.4 Å². The van der Waals surface area contributed by atoms with Gasteiger partial charge in [0.05, 0.1) is 22.4 Å². The van der Waals surface area contributed by atoms with Crippen molar-refractivity contribution >= 4 is 27.9 Å². The van der Waals surface area contributed by atoms with E-state index >= 15 is 0 Å². The van der Waals surface area contributed by atoms with Crippen LogP contribution in [0.2, 0.25) is 0 Å². The molecule has 2 N–H and O–H groups in total. The normalized spacial score (nSPS) is 10.8. The van der Waals surface area contributed by atoms with Gasteiger partial charge in [-0.2, -0.15) is 0 Å². The highest BCUT2D eigenvalue weighted by atomic mass is 32.1. The van der Waals surface area contributed by atoms with Gasteiger partial charge in [-0.15, -0.1) is 11.3 Å². The number of fused-ring (bicyclic) bond motifs is 1. The fourth-order valence-electron chi connectivity index (χ4n) is 2.69. The van der Waals surface area contributed by atoms with Gasteiger partial charge in [0.2, 0.25) is 0 Å². The van der Waals surface area contributed by atoms with Crippen molar-refractivity contribution in [1.82, 2.24) is 9.97 Å². The zero-order valence-corrected chi connectivity index (χ0v) is 13.8. The van der Waals surface area contributed by atoms with Crippen LogP contribution in [0.25, 0.3) is 10.9 Å². The first-order valence-corrected chi connectivity index (χ1v) is 8.72. The third kappa shape index (κ3) is 3.12. The molecule has 2 aromatic carbocycles. The predicted octanol–water partition coefficient (Wildman–Crippen LogP) is 4.82. The molecular formula is C19H17N3OS. The Balaban J connectivity index is 1.49. The van der Waals surface area contributed by atoms with Crippen molar-refractivity contribution in [3.63, 3.8) is 0 Å². The molecule has 0 atom stereocenters. The van der Waals surface area contributed by atoms with Gasteiger partial charge in [0, 0.05) is 18.1 Å². The van der Waals surface area contributed by atoms with E-state index in [0.29, 0.717) is 6.61 Å². The first-order valence-electron chi connectivity index (χ1n) is 7.78. The highest BCUT2D eigenvalue weighted by Crippen LogP contribution is 2.26. The van der Waals surface area contributed by atoms with Crippen molar-refractivity contribution in [2.75, 3.05) is 5.32 Å². The number of hydrogen-bond acceptors (Lipinski definition) is 4. The molecule has 5 heteroatoms. The monoisotopic (exact) mass is 335 g/mol. The van der Waals surface area contributed by atoms with E-state index in [0.717, 1.165) is 23.7 Å². The second kappa shape index (κ2) is 6.76. The van der Waals surface area contributed by atoms with E-state index in [4.69, 9.17) is 4.74 Å². The fraction of sp³-hybridized carbons (Fsp3) is 0.105. The summed E-state index contributed by atoms with van der Waals surface area (Å²) in [6.45, 7) is 1.21. The number of nitrogens with one attached hydrogen (secondary N) is 2. The molecule has 0 aliphatic carbocycles. The molecule has 0 bridgehead atoms. The Labute approximate surface area is 144 Å². The number of ether oxygens (including phenoxy) is 1. The van der Waals surface area contributed by atoms with Gasteiger partial charge in [-0.1, -0.05) is 30.3 Å². The molecule has 0 aliphatic rings. The predicted molar refractivity (Wildman–Crippen MR) is 98.5 cm³/mol. The summed E-state index contributed by atoms with van der Waals surface area (Å²) in [7, 11) is 0. The first-order chi connectivity index (χ1) is 11.9. The topological polar surface area (TPSA) is 49.9 Å². The maximum absolute atomic E-state index is 5.92. The number of hydrogen-bond donors (Lipinski definition) is 2. The van der Waals surface area contributed by atoms with Crippen LogP contribution >= 0.6 is 11.3 Å². The molecule has 0 aliphatic heterocycles. The second-order valence-corrected chi connectivity index (χ2v) is 6.20. The Kier molecular flexibility index (Phi) is 4.16. The van der Waals surface area contributed by atoms with Crippen LogP contribution in [0, 0.1) is 0 Å². The molecule has 0 fully saturated rings. The van der Waals surface area contributed by atoms with E-state index in [9.17, 15) is 0 Å². The summed E-state index contributed by atoms with van der Waals surface area (Å²) in [5.41, 5.74) is 6.15. The number of aromatic nitrogens is 2. The molecule has 2 heterocycles. The summed E-state index contributed by atoms with van der Waals surface area (Å²) < 4.78 is 5.92. The van der Waals surface area contributed by atoms with Gasteiger partial charge in [0.1, 0.15) is 12.4 Å². The van der Waals surface area contributed by atoms with Crippen LogP contribution < -0.4 is 10.1 Å². The molecule has 4 aromatic rings. The zero-order chi connectivity index (χ0) is 16.2. The molecule has 24 heavy (non-hydrogen) atoms. The SMILES string of the molecule is c1ccc(OCc2cscn2)c(NCc2cccc3cc[nH]c23)c1. The lowest BCUT2D eigenvalue weighted by atomic mass is 10.1. The lowest BCUT2D eigenvalue weighted by molar-refractivity contribution is 0.303. The molecule has 0 saturated carbocycles. The molecule has 4 nitrogen and oxygen atoms in total. The Morgan fingerprint density at radius 3 is 2.96 bits per heavy atom. The Bertz CT molecular complexity index is 931. The van der Waals surface area contributed by atoms with Crippen LogP contribution in [0.3, 0.4) is 0 Å². The van der Waals surface area contributed by atoms with Gasteiger partial charge in [0.15, 0.2) is 0 Å². The number of para-hydroxylation sites is 3. The number of rotatable bonds is 6. The summed E-state index contributed by atoms with van der Waals surface area (Å²) in [6.07, 6.45) is 1.97. The smallest absolute Gasteiger partial charge is 0.142 e. The quantitative estimate of drug-likeness (QED) is 0.531. The molecule has 4 rings (SSSR count). The summed E-state index contributed by atoms with van der Waals surface area (Å²) in [4.78, 5) is 7.56. The number of nitrogens with zero attached hydrogens (tertiary/aromatic N) is 1. The lowest BCUT2D eigenvalue weighted by Gasteiger charge is -2.13. The lowest BCUT2D eigenvalue weighted by Crippen LogP contribution is -2.03. The van der Waals surface area contributed by atoms with Crippen molar-refractivity contribution in [3.05, 3.63) is 76.9 Å². The summed E-state index contributed by atoms with van der Waals surface area (Å²) >= 11 is 1.58. The Morgan fingerprint density at radius 1 is 1.08 bits per heavy atom. The highest BCUT2D eigenvalue weighted by molar-refractivity contribution is 7.07. The number of H-pyrrole nitrogens is 1. The third-order valence-corrected chi connectivity index (χ3v) is 4.52. The minimum absolute atomic E-state index is 0.481. The van der Waals surface area contributed by atoms with Gasteiger partial charge >= 0.3 is 0 Å². The number of aromatic amines is 1. The third-order valence-electron chi connectivity index (χ3n) is 3.89. The van der Waals surface area contributed by atoms with E-state index in [1.165, 1.54) is 16.5 Å². The molecular weight excluding hydrogens is 318 g/mol. The maximum atomic E-state index is 5.92. The van der Waals surface area contributed by atoms with Crippen LogP contribution in [0.15, 0.2) is 65.6 Å². The fourth-order valence-corrected chi connectivity index (χ4v) is 3.23. The van der Waals surface area contributed by atoms with E-state index in [2.05, 4.69) is 39.6 Å². The molecule has 2 aromatic heterocycles. The minimum atomic E-state index is 0.481. The van der Waals surface area contributed by atoms with Crippen LogP contribution in [-0.2, 0) is 13.2 Å². The molecule has 0 saturated heterocycles. The van der Waals surface area contributed by atoms with Crippen LogP contribution in [0.5, 0.6) is 5.75 Å². The van der Waals surface area contributed by atoms with Gasteiger partial charge in [-0.05, 0) is 29.1 Å². The van der Waals surface area contributed by atoms with E-state index in [-0.39, 0.29) is 0 Å². The van der Waals surface area contributed by atoms with Crippen molar-refractivity contribution in [2.24, 2.45) is 0 Å². The maximum Gasteiger partial charge on any atom is 0.142 e. The summed E-state index contributed by atoms with van der Waals surface area (Å²) in [6, 6.07) is 16.4. The van der Waals surface area contributed by atoms with E-state index < -0.39 is 0 Å². The number of thiazole rings is 1. The number of benzene rings is 2. The molecule has 0 radical (unpaired) electrons. The van der Waals surface area contributed by atoms with Crippen LogP contribution in [0.1, 0.15) is 11.3 Å². The summed E-state index contributed by atoms with van der Waals surface area (Å²) in [5, 5.41) is 6.71. The Hall–Kier alpha value is -2.79. The largest absolute Gasteiger partial charge is 0.485 e. The zero-order valence-electron chi connectivity index (χ0n) is 13.0. The first kappa shape index (κ1) is 14.8. The average Bonchev–Trinajstić information content (AvgIpc) is 3.30. The van der Waals surface area contributed by atoms with Crippen molar-refractivity contribution < 1.29 is 4.74 Å². The molecule has 0 amide bonds. The standard InChI is InChI=1S/C19H17N3OS/c1-2-7-18(23-11-16-12-24-13-22-16)17(6-1)21-10-15-5-3-4-14-8-9-20-19(14)15/h1-9,12-13,20-21H,10-11H2. The van der Waals surface area contributed by atoms with Gasteiger partial charge < -0.3 is 15.0 Å².